The number of carbonyl (C=O) groups is 1. The van der Waals surface area contributed by atoms with Gasteiger partial charge in [0.1, 0.15) is 5.75 Å². The second-order valence-electron chi connectivity index (χ2n) is 5.05. The first kappa shape index (κ1) is 14.3. The number of hydrogen-bond acceptors (Lipinski definition) is 3. The van der Waals surface area contributed by atoms with E-state index in [1.165, 1.54) is 6.07 Å². The van der Waals surface area contributed by atoms with Gasteiger partial charge in [0.25, 0.3) is 5.91 Å². The Bertz CT molecular complexity index is 456. The highest BCUT2D eigenvalue weighted by atomic mass is 79.9. The van der Waals surface area contributed by atoms with Crippen LogP contribution in [0, 0.1) is 5.92 Å². The Balaban J connectivity index is 1.87. The molecule has 1 aromatic carbocycles. The Morgan fingerprint density at radius 2 is 2.00 bits per heavy atom. The van der Waals surface area contributed by atoms with Crippen molar-refractivity contribution in [3.63, 3.8) is 0 Å². The van der Waals surface area contributed by atoms with E-state index in [9.17, 15) is 15.0 Å². The molecule has 1 fully saturated rings. The number of aliphatic hydroxyl groups is 1. The minimum absolute atomic E-state index is 0.0223. The smallest absolute Gasteiger partial charge is 0.255 e. The highest BCUT2D eigenvalue weighted by Gasteiger charge is 2.20. The SMILES string of the molecule is O=C(NCC1CCC(O)CC1)c1ccc(Br)cc1O. The number of aromatic hydroxyl groups is 1. The van der Waals surface area contributed by atoms with Crippen LogP contribution in [0.3, 0.4) is 0 Å². The predicted molar refractivity (Wildman–Crippen MR) is 76.1 cm³/mol. The number of amides is 1. The van der Waals surface area contributed by atoms with Crippen molar-refractivity contribution in [3.05, 3.63) is 28.2 Å². The summed E-state index contributed by atoms with van der Waals surface area (Å²) in [7, 11) is 0. The topological polar surface area (TPSA) is 69.6 Å². The summed E-state index contributed by atoms with van der Waals surface area (Å²) in [5.41, 5.74) is 0.291. The molecule has 0 saturated heterocycles. The van der Waals surface area contributed by atoms with Gasteiger partial charge in [0.15, 0.2) is 0 Å². The highest BCUT2D eigenvalue weighted by Crippen LogP contribution is 2.24. The van der Waals surface area contributed by atoms with Gasteiger partial charge in [-0.2, -0.15) is 0 Å². The fourth-order valence-electron chi connectivity index (χ4n) is 2.38. The molecule has 0 aromatic heterocycles. The molecule has 2 rings (SSSR count). The minimum Gasteiger partial charge on any atom is -0.507 e. The molecule has 1 saturated carbocycles. The number of halogens is 1. The summed E-state index contributed by atoms with van der Waals surface area (Å²) < 4.78 is 0.739. The van der Waals surface area contributed by atoms with Crippen LogP contribution in [-0.2, 0) is 0 Å². The first-order chi connectivity index (χ1) is 9.06. The van der Waals surface area contributed by atoms with Crippen LogP contribution in [-0.4, -0.2) is 28.8 Å². The fraction of sp³-hybridized carbons (Fsp3) is 0.500. The zero-order valence-corrected chi connectivity index (χ0v) is 12.2. The number of phenolic OH excluding ortho intramolecular Hbond substituents is 1. The molecule has 0 unspecified atom stereocenters. The van der Waals surface area contributed by atoms with Gasteiger partial charge in [-0.05, 0) is 49.8 Å². The van der Waals surface area contributed by atoms with Gasteiger partial charge in [0.2, 0.25) is 0 Å². The maximum absolute atomic E-state index is 11.9. The van der Waals surface area contributed by atoms with E-state index in [0.717, 1.165) is 30.2 Å². The average molecular weight is 328 g/mol. The van der Waals surface area contributed by atoms with Crippen LogP contribution in [0.2, 0.25) is 0 Å². The van der Waals surface area contributed by atoms with E-state index in [2.05, 4.69) is 21.2 Å². The Hall–Kier alpha value is -1.07. The Morgan fingerprint density at radius 3 is 2.63 bits per heavy atom. The van der Waals surface area contributed by atoms with Gasteiger partial charge >= 0.3 is 0 Å². The van der Waals surface area contributed by atoms with Gasteiger partial charge in [-0.25, -0.2) is 0 Å². The van der Waals surface area contributed by atoms with Crippen LogP contribution >= 0.6 is 15.9 Å². The number of rotatable bonds is 3. The third-order valence-electron chi connectivity index (χ3n) is 3.57. The molecule has 1 amide bonds. The van der Waals surface area contributed by atoms with E-state index in [0.29, 0.717) is 18.0 Å². The van der Waals surface area contributed by atoms with Gasteiger partial charge in [-0.15, -0.1) is 0 Å². The summed E-state index contributed by atoms with van der Waals surface area (Å²) in [6, 6.07) is 4.83. The number of phenols is 1. The molecule has 0 heterocycles. The summed E-state index contributed by atoms with van der Waals surface area (Å²) >= 11 is 3.24. The molecule has 104 valence electrons. The van der Waals surface area contributed by atoms with Crippen LogP contribution in [0.5, 0.6) is 5.75 Å². The molecule has 1 aliphatic rings. The number of benzene rings is 1. The number of hydrogen-bond donors (Lipinski definition) is 3. The van der Waals surface area contributed by atoms with Crippen LogP contribution in [0.25, 0.3) is 0 Å². The molecule has 1 aliphatic carbocycles. The van der Waals surface area contributed by atoms with E-state index in [-0.39, 0.29) is 17.8 Å². The number of nitrogens with one attached hydrogen (secondary N) is 1. The molecule has 0 bridgehead atoms. The molecule has 19 heavy (non-hydrogen) atoms. The summed E-state index contributed by atoms with van der Waals surface area (Å²) in [5.74, 6) is 0.145. The number of carbonyl (C=O) groups excluding carboxylic acids is 1. The third kappa shape index (κ3) is 3.94. The standard InChI is InChI=1S/C14H18BrNO3/c15-10-3-6-12(13(18)7-10)14(19)16-8-9-1-4-11(17)5-2-9/h3,6-7,9,11,17-18H,1-2,4-5,8H2,(H,16,19). The van der Waals surface area contributed by atoms with Gasteiger partial charge in [-0.3, -0.25) is 4.79 Å². The maximum Gasteiger partial charge on any atom is 0.255 e. The van der Waals surface area contributed by atoms with E-state index in [4.69, 9.17) is 0 Å². The van der Waals surface area contributed by atoms with Gasteiger partial charge in [-0.1, -0.05) is 15.9 Å². The van der Waals surface area contributed by atoms with Crippen molar-refractivity contribution >= 4 is 21.8 Å². The second-order valence-corrected chi connectivity index (χ2v) is 5.96. The molecular weight excluding hydrogens is 310 g/mol. The first-order valence-electron chi connectivity index (χ1n) is 6.51. The summed E-state index contributed by atoms with van der Waals surface area (Å²) in [6.07, 6.45) is 3.32. The van der Waals surface area contributed by atoms with Crippen molar-refractivity contribution in [2.75, 3.05) is 6.54 Å². The van der Waals surface area contributed by atoms with Crippen molar-refractivity contribution in [1.29, 1.82) is 0 Å². The van der Waals surface area contributed by atoms with E-state index < -0.39 is 0 Å². The van der Waals surface area contributed by atoms with E-state index >= 15 is 0 Å². The lowest BCUT2D eigenvalue weighted by molar-refractivity contribution is 0.0908. The zero-order valence-electron chi connectivity index (χ0n) is 10.6. The highest BCUT2D eigenvalue weighted by molar-refractivity contribution is 9.10. The van der Waals surface area contributed by atoms with Crippen molar-refractivity contribution < 1.29 is 15.0 Å². The molecule has 3 N–H and O–H groups in total. The summed E-state index contributed by atoms with van der Waals surface area (Å²) in [6.45, 7) is 0.598. The van der Waals surface area contributed by atoms with Crippen LogP contribution in [0.15, 0.2) is 22.7 Å². The molecule has 4 nitrogen and oxygen atoms in total. The minimum atomic E-state index is -0.254. The van der Waals surface area contributed by atoms with Crippen LogP contribution in [0.1, 0.15) is 36.0 Å². The number of aliphatic hydroxyl groups excluding tert-OH is 1. The lowest BCUT2D eigenvalue weighted by Crippen LogP contribution is -2.32. The summed E-state index contributed by atoms with van der Waals surface area (Å²) in [5, 5.41) is 22.0. The third-order valence-corrected chi connectivity index (χ3v) is 4.07. The lowest BCUT2D eigenvalue weighted by Gasteiger charge is -2.25. The van der Waals surface area contributed by atoms with Crippen molar-refractivity contribution in [2.45, 2.75) is 31.8 Å². The fourth-order valence-corrected chi connectivity index (χ4v) is 2.73. The largest absolute Gasteiger partial charge is 0.507 e. The monoisotopic (exact) mass is 327 g/mol. The van der Waals surface area contributed by atoms with Crippen molar-refractivity contribution in [3.8, 4) is 5.75 Å². The van der Waals surface area contributed by atoms with Gasteiger partial charge in [0.05, 0.1) is 11.7 Å². The molecule has 0 aliphatic heterocycles. The predicted octanol–water partition coefficient (Wildman–Crippen LogP) is 2.44. The lowest BCUT2D eigenvalue weighted by atomic mass is 9.87. The Labute approximate surface area is 121 Å². The van der Waals surface area contributed by atoms with E-state index in [1.807, 2.05) is 0 Å². The van der Waals surface area contributed by atoms with Crippen molar-refractivity contribution in [1.82, 2.24) is 5.32 Å². The molecule has 0 atom stereocenters. The molecular formula is C14H18BrNO3. The molecule has 5 heteroatoms. The van der Waals surface area contributed by atoms with Crippen LogP contribution in [0.4, 0.5) is 0 Å². The zero-order chi connectivity index (χ0) is 13.8. The second kappa shape index (κ2) is 6.39. The normalized spacial score (nSPS) is 23.1. The van der Waals surface area contributed by atoms with E-state index in [1.54, 1.807) is 12.1 Å². The van der Waals surface area contributed by atoms with Gasteiger partial charge < -0.3 is 15.5 Å². The average Bonchev–Trinajstić information content (AvgIpc) is 2.37. The molecule has 0 radical (unpaired) electrons. The van der Waals surface area contributed by atoms with Crippen molar-refractivity contribution in [2.24, 2.45) is 5.92 Å². The first-order valence-corrected chi connectivity index (χ1v) is 7.30. The maximum atomic E-state index is 11.9. The molecule has 0 spiro atoms. The Kier molecular flexibility index (Phi) is 4.82. The Morgan fingerprint density at radius 1 is 1.32 bits per heavy atom. The quantitative estimate of drug-likeness (QED) is 0.798. The molecule has 1 aromatic rings. The van der Waals surface area contributed by atoms with Gasteiger partial charge in [0, 0.05) is 11.0 Å². The van der Waals surface area contributed by atoms with Crippen LogP contribution < -0.4 is 5.32 Å². The summed E-state index contributed by atoms with van der Waals surface area (Å²) in [4.78, 5) is 11.9.